The highest BCUT2D eigenvalue weighted by molar-refractivity contribution is 7.99. The maximum atomic E-state index is 11.0. The number of aldehydes is 1. The van der Waals surface area contributed by atoms with Gasteiger partial charge in [0.25, 0.3) is 0 Å². The summed E-state index contributed by atoms with van der Waals surface area (Å²) in [5, 5.41) is 2.65. The fourth-order valence-corrected chi connectivity index (χ4v) is 3.55. The highest BCUT2D eigenvalue weighted by Gasteiger charge is 2.12. The van der Waals surface area contributed by atoms with Crippen molar-refractivity contribution in [3.8, 4) is 0 Å². The van der Waals surface area contributed by atoms with E-state index in [4.69, 9.17) is 0 Å². The molecule has 0 heterocycles. The van der Waals surface area contributed by atoms with Crippen LogP contribution in [0.1, 0.15) is 17.2 Å². The first-order valence-electron chi connectivity index (χ1n) is 7.01. The molecule has 0 aliphatic heterocycles. The van der Waals surface area contributed by atoms with Crippen molar-refractivity contribution in [3.05, 3.63) is 78.4 Å². The maximum absolute atomic E-state index is 11.0. The molecule has 3 rings (SSSR count). The Morgan fingerprint density at radius 2 is 1.57 bits per heavy atom. The quantitative estimate of drug-likeness (QED) is 0.471. The van der Waals surface area contributed by atoms with Crippen molar-refractivity contribution < 1.29 is 4.79 Å². The second-order valence-electron chi connectivity index (χ2n) is 4.93. The Morgan fingerprint density at radius 1 is 0.857 bits per heavy atom. The van der Waals surface area contributed by atoms with E-state index in [2.05, 4.69) is 48.5 Å². The van der Waals surface area contributed by atoms with Crippen molar-refractivity contribution in [2.75, 3.05) is 0 Å². The molecule has 21 heavy (non-hydrogen) atoms. The van der Waals surface area contributed by atoms with Crippen LogP contribution in [0.25, 0.3) is 10.8 Å². The monoisotopic (exact) mass is 292 g/mol. The number of fused-ring (bicyclic) bond motifs is 1. The van der Waals surface area contributed by atoms with E-state index in [1.54, 1.807) is 11.8 Å². The largest absolute Gasteiger partial charge is 0.303 e. The van der Waals surface area contributed by atoms with Crippen molar-refractivity contribution in [1.82, 2.24) is 0 Å². The molecule has 104 valence electrons. The zero-order chi connectivity index (χ0) is 14.5. The van der Waals surface area contributed by atoms with Crippen LogP contribution in [0.2, 0.25) is 0 Å². The Bertz CT molecular complexity index is 737. The van der Waals surface area contributed by atoms with E-state index in [0.717, 1.165) is 6.29 Å². The summed E-state index contributed by atoms with van der Waals surface area (Å²) >= 11 is 1.75. The zero-order valence-electron chi connectivity index (χ0n) is 11.6. The van der Waals surface area contributed by atoms with Crippen LogP contribution >= 0.6 is 11.8 Å². The highest BCUT2D eigenvalue weighted by atomic mass is 32.2. The van der Waals surface area contributed by atoms with Gasteiger partial charge in [0.15, 0.2) is 0 Å². The smallest absolute Gasteiger partial charge is 0.121 e. The molecular weight excluding hydrogens is 276 g/mol. The lowest BCUT2D eigenvalue weighted by molar-refractivity contribution is -0.107. The first-order chi connectivity index (χ1) is 10.4. The minimum absolute atomic E-state index is 0.171. The van der Waals surface area contributed by atoms with Gasteiger partial charge >= 0.3 is 0 Å². The fourth-order valence-electron chi connectivity index (χ4n) is 2.41. The number of hydrogen-bond donors (Lipinski definition) is 0. The maximum Gasteiger partial charge on any atom is 0.121 e. The van der Waals surface area contributed by atoms with E-state index < -0.39 is 0 Å². The summed E-state index contributed by atoms with van der Waals surface area (Å²) in [5.41, 5.74) is 1.20. The summed E-state index contributed by atoms with van der Waals surface area (Å²) < 4.78 is 0. The molecule has 0 fully saturated rings. The van der Waals surface area contributed by atoms with Crippen LogP contribution < -0.4 is 0 Å². The molecule has 0 amide bonds. The van der Waals surface area contributed by atoms with E-state index in [9.17, 15) is 4.79 Å². The van der Waals surface area contributed by atoms with Crippen LogP contribution in [-0.4, -0.2) is 6.29 Å². The van der Waals surface area contributed by atoms with Gasteiger partial charge in [-0.3, -0.25) is 0 Å². The number of carbonyl (C=O) groups excluding carboxylic acids is 1. The standard InChI is InChI=1S/C19H16OS/c20-13-12-19(16-7-2-1-3-8-16)21-18-11-10-15-6-4-5-9-17(15)14-18/h1-11,13-14,19H,12H2. The topological polar surface area (TPSA) is 17.1 Å². The lowest BCUT2D eigenvalue weighted by atomic mass is 10.1. The van der Waals surface area contributed by atoms with Crippen molar-refractivity contribution in [2.45, 2.75) is 16.6 Å². The predicted molar refractivity (Wildman–Crippen MR) is 89.7 cm³/mol. The van der Waals surface area contributed by atoms with E-state index >= 15 is 0 Å². The van der Waals surface area contributed by atoms with Crippen molar-refractivity contribution in [2.24, 2.45) is 0 Å². The average molecular weight is 292 g/mol. The summed E-state index contributed by atoms with van der Waals surface area (Å²) in [7, 11) is 0. The minimum Gasteiger partial charge on any atom is -0.303 e. The summed E-state index contributed by atoms with van der Waals surface area (Å²) in [6, 6.07) is 25.0. The molecule has 0 spiro atoms. The van der Waals surface area contributed by atoms with E-state index in [0.29, 0.717) is 6.42 Å². The third kappa shape index (κ3) is 3.34. The molecular formula is C19H16OS. The van der Waals surface area contributed by atoms with Gasteiger partial charge in [-0.25, -0.2) is 0 Å². The van der Waals surface area contributed by atoms with Gasteiger partial charge in [0, 0.05) is 16.6 Å². The molecule has 3 aromatic carbocycles. The number of benzene rings is 3. The number of hydrogen-bond acceptors (Lipinski definition) is 2. The van der Waals surface area contributed by atoms with E-state index in [1.807, 2.05) is 24.3 Å². The second-order valence-corrected chi connectivity index (χ2v) is 6.20. The van der Waals surface area contributed by atoms with Crippen molar-refractivity contribution in [1.29, 1.82) is 0 Å². The third-order valence-electron chi connectivity index (χ3n) is 3.48. The molecule has 0 aliphatic carbocycles. The van der Waals surface area contributed by atoms with Crippen molar-refractivity contribution in [3.63, 3.8) is 0 Å². The highest BCUT2D eigenvalue weighted by Crippen LogP contribution is 2.38. The molecule has 0 radical (unpaired) electrons. The van der Waals surface area contributed by atoms with Gasteiger partial charge in [-0.1, -0.05) is 60.7 Å². The van der Waals surface area contributed by atoms with Gasteiger partial charge < -0.3 is 4.79 Å². The normalized spacial score (nSPS) is 12.2. The Balaban J connectivity index is 1.89. The van der Waals surface area contributed by atoms with Gasteiger partial charge in [0.05, 0.1) is 0 Å². The lowest BCUT2D eigenvalue weighted by Crippen LogP contribution is -1.95. The molecule has 0 bridgehead atoms. The zero-order valence-corrected chi connectivity index (χ0v) is 12.4. The molecule has 1 nitrogen and oxygen atoms in total. The van der Waals surface area contributed by atoms with Crippen LogP contribution in [0.15, 0.2) is 77.7 Å². The van der Waals surface area contributed by atoms with Gasteiger partial charge in [-0.05, 0) is 28.5 Å². The molecule has 0 aromatic heterocycles. The summed E-state index contributed by atoms with van der Waals surface area (Å²) in [6.45, 7) is 0. The van der Waals surface area contributed by atoms with Gasteiger partial charge in [0.2, 0.25) is 0 Å². The number of rotatable bonds is 5. The van der Waals surface area contributed by atoms with Gasteiger partial charge in [-0.15, -0.1) is 11.8 Å². The van der Waals surface area contributed by atoms with Gasteiger partial charge in [-0.2, -0.15) is 0 Å². The molecule has 0 N–H and O–H groups in total. The van der Waals surface area contributed by atoms with Gasteiger partial charge in [0.1, 0.15) is 6.29 Å². The Kier molecular flexibility index (Phi) is 4.37. The first-order valence-corrected chi connectivity index (χ1v) is 7.89. The van der Waals surface area contributed by atoms with E-state index in [1.165, 1.54) is 21.2 Å². The molecule has 1 unspecified atom stereocenters. The van der Waals surface area contributed by atoms with Crippen LogP contribution in [0, 0.1) is 0 Å². The number of thioether (sulfide) groups is 1. The fraction of sp³-hybridized carbons (Fsp3) is 0.105. The Morgan fingerprint density at radius 3 is 2.33 bits per heavy atom. The Labute approximate surface area is 129 Å². The average Bonchev–Trinajstić information content (AvgIpc) is 2.55. The third-order valence-corrected chi connectivity index (χ3v) is 4.76. The predicted octanol–water partition coefficient (Wildman–Crippen LogP) is 5.26. The minimum atomic E-state index is 0.171. The van der Waals surface area contributed by atoms with Crippen LogP contribution in [-0.2, 0) is 4.79 Å². The van der Waals surface area contributed by atoms with E-state index in [-0.39, 0.29) is 5.25 Å². The molecule has 0 aliphatic rings. The van der Waals surface area contributed by atoms with Crippen LogP contribution in [0.3, 0.4) is 0 Å². The summed E-state index contributed by atoms with van der Waals surface area (Å²) in [4.78, 5) is 12.2. The molecule has 1 atom stereocenters. The molecule has 3 aromatic rings. The SMILES string of the molecule is O=CCC(Sc1ccc2ccccc2c1)c1ccccc1. The van der Waals surface area contributed by atoms with Crippen LogP contribution in [0.5, 0.6) is 0 Å². The van der Waals surface area contributed by atoms with Crippen molar-refractivity contribution >= 4 is 28.8 Å². The summed E-state index contributed by atoms with van der Waals surface area (Å²) in [5.74, 6) is 0. The summed E-state index contributed by atoms with van der Waals surface area (Å²) in [6.07, 6.45) is 1.53. The lowest BCUT2D eigenvalue weighted by Gasteiger charge is -2.14. The van der Waals surface area contributed by atoms with Crippen LogP contribution in [0.4, 0.5) is 0 Å². The molecule has 0 saturated heterocycles. The molecule has 0 saturated carbocycles. The first kappa shape index (κ1) is 13.9. The second kappa shape index (κ2) is 6.59. The number of carbonyl (C=O) groups is 1. The molecule has 2 heteroatoms. The Hall–Kier alpha value is -2.06.